The van der Waals surface area contributed by atoms with Crippen LogP contribution in [0.15, 0.2) is 6.07 Å². The van der Waals surface area contributed by atoms with Crippen molar-refractivity contribution in [2.45, 2.75) is 52.6 Å². The second-order valence-electron chi connectivity index (χ2n) is 4.79. The molecule has 0 saturated heterocycles. The lowest BCUT2D eigenvalue weighted by Crippen LogP contribution is -2.46. The molecule has 0 radical (unpaired) electrons. The van der Waals surface area contributed by atoms with Crippen molar-refractivity contribution < 1.29 is 4.79 Å². The molecule has 0 saturated carbocycles. The smallest absolute Gasteiger partial charge is 0.269 e. The maximum Gasteiger partial charge on any atom is 0.269 e. The van der Waals surface area contributed by atoms with Crippen LogP contribution < -0.4 is 5.32 Å². The number of alkyl halides is 1. The van der Waals surface area contributed by atoms with Gasteiger partial charge in [0.2, 0.25) is 0 Å². The molecule has 102 valence electrons. The summed E-state index contributed by atoms with van der Waals surface area (Å²) in [7, 11) is 0. The standard InChI is InChI=1S/C13H22ClN3O/c1-5-13(4,7-8-14)15-12(18)11-9-10(3)16-17(11)6-2/h9H,5-8H2,1-4H3,(H,15,18). The van der Waals surface area contributed by atoms with Crippen molar-refractivity contribution in [1.82, 2.24) is 15.1 Å². The summed E-state index contributed by atoms with van der Waals surface area (Å²) in [5.74, 6) is 0.461. The van der Waals surface area contributed by atoms with E-state index in [4.69, 9.17) is 11.6 Å². The predicted molar refractivity (Wildman–Crippen MR) is 74.1 cm³/mol. The molecule has 1 amide bonds. The van der Waals surface area contributed by atoms with Crippen molar-refractivity contribution in [2.24, 2.45) is 0 Å². The highest BCUT2D eigenvalue weighted by atomic mass is 35.5. The largest absolute Gasteiger partial charge is 0.346 e. The zero-order chi connectivity index (χ0) is 13.8. The van der Waals surface area contributed by atoms with E-state index in [1.54, 1.807) is 4.68 Å². The Kier molecular flexibility index (Phi) is 5.20. The Morgan fingerprint density at radius 1 is 1.56 bits per heavy atom. The van der Waals surface area contributed by atoms with E-state index in [0.717, 1.165) is 18.5 Å². The van der Waals surface area contributed by atoms with Crippen molar-refractivity contribution in [3.63, 3.8) is 0 Å². The molecule has 0 aliphatic heterocycles. The second kappa shape index (κ2) is 6.23. The van der Waals surface area contributed by atoms with Crippen LogP contribution >= 0.6 is 11.6 Å². The normalized spacial score (nSPS) is 14.3. The molecule has 0 aliphatic rings. The fraction of sp³-hybridized carbons (Fsp3) is 0.692. The van der Waals surface area contributed by atoms with Crippen molar-refractivity contribution in [3.05, 3.63) is 17.5 Å². The minimum atomic E-state index is -0.254. The van der Waals surface area contributed by atoms with Crippen LogP contribution in [-0.2, 0) is 6.54 Å². The minimum Gasteiger partial charge on any atom is -0.346 e. The number of nitrogens with one attached hydrogen (secondary N) is 1. The Morgan fingerprint density at radius 3 is 2.72 bits per heavy atom. The molecule has 0 aliphatic carbocycles. The van der Waals surface area contributed by atoms with Gasteiger partial charge in [0.05, 0.1) is 5.69 Å². The Bertz CT molecular complexity index is 416. The van der Waals surface area contributed by atoms with Gasteiger partial charge in [-0.1, -0.05) is 6.92 Å². The van der Waals surface area contributed by atoms with E-state index in [2.05, 4.69) is 17.3 Å². The minimum absolute atomic E-state index is 0.0769. The monoisotopic (exact) mass is 271 g/mol. The summed E-state index contributed by atoms with van der Waals surface area (Å²) in [5, 5.41) is 7.35. The number of carbonyl (C=O) groups is 1. The molecular formula is C13H22ClN3O. The number of hydrogen-bond donors (Lipinski definition) is 1. The molecule has 1 aromatic rings. The van der Waals surface area contributed by atoms with Crippen molar-refractivity contribution in [3.8, 4) is 0 Å². The molecule has 1 atom stereocenters. The van der Waals surface area contributed by atoms with Crippen LogP contribution in [0.25, 0.3) is 0 Å². The highest BCUT2D eigenvalue weighted by molar-refractivity contribution is 6.17. The average Bonchev–Trinajstić information content (AvgIpc) is 2.71. The third-order valence-electron chi connectivity index (χ3n) is 3.28. The third-order valence-corrected chi connectivity index (χ3v) is 3.47. The van der Waals surface area contributed by atoms with Crippen LogP contribution in [-0.4, -0.2) is 27.1 Å². The summed E-state index contributed by atoms with van der Waals surface area (Å²) in [5.41, 5.74) is 1.22. The summed E-state index contributed by atoms with van der Waals surface area (Å²) in [6.07, 6.45) is 1.61. The fourth-order valence-corrected chi connectivity index (χ4v) is 2.26. The summed E-state index contributed by atoms with van der Waals surface area (Å²) < 4.78 is 1.72. The lowest BCUT2D eigenvalue weighted by atomic mass is 9.95. The first-order valence-corrected chi connectivity index (χ1v) is 6.92. The van der Waals surface area contributed by atoms with Gasteiger partial charge in [-0.25, -0.2) is 0 Å². The van der Waals surface area contributed by atoms with Gasteiger partial charge in [-0.05, 0) is 39.7 Å². The maximum absolute atomic E-state index is 12.3. The molecular weight excluding hydrogens is 250 g/mol. The van der Waals surface area contributed by atoms with Crippen LogP contribution in [0, 0.1) is 6.92 Å². The number of aryl methyl sites for hydroxylation is 2. The molecule has 0 aromatic carbocycles. The highest BCUT2D eigenvalue weighted by Gasteiger charge is 2.25. The number of nitrogens with zero attached hydrogens (tertiary/aromatic N) is 2. The topological polar surface area (TPSA) is 46.9 Å². The molecule has 1 unspecified atom stereocenters. The van der Waals surface area contributed by atoms with Gasteiger partial charge in [-0.15, -0.1) is 11.6 Å². The van der Waals surface area contributed by atoms with E-state index in [-0.39, 0.29) is 11.4 Å². The zero-order valence-electron chi connectivity index (χ0n) is 11.6. The lowest BCUT2D eigenvalue weighted by molar-refractivity contribution is 0.0890. The van der Waals surface area contributed by atoms with Crippen LogP contribution in [0.1, 0.15) is 49.8 Å². The van der Waals surface area contributed by atoms with Crippen LogP contribution in [0.3, 0.4) is 0 Å². The first-order valence-electron chi connectivity index (χ1n) is 6.38. The Labute approximate surface area is 114 Å². The molecule has 0 fully saturated rings. The van der Waals surface area contributed by atoms with Crippen molar-refractivity contribution >= 4 is 17.5 Å². The van der Waals surface area contributed by atoms with Gasteiger partial charge in [0.15, 0.2) is 0 Å². The summed E-state index contributed by atoms with van der Waals surface area (Å²) in [4.78, 5) is 12.3. The van der Waals surface area contributed by atoms with E-state index in [1.807, 2.05) is 26.8 Å². The van der Waals surface area contributed by atoms with Gasteiger partial charge >= 0.3 is 0 Å². The third kappa shape index (κ3) is 3.48. The number of carbonyl (C=O) groups excluding carboxylic acids is 1. The number of rotatable bonds is 6. The molecule has 4 nitrogen and oxygen atoms in total. The average molecular weight is 272 g/mol. The zero-order valence-corrected chi connectivity index (χ0v) is 12.3. The summed E-state index contributed by atoms with van der Waals surface area (Å²) in [6, 6.07) is 1.82. The van der Waals surface area contributed by atoms with Gasteiger partial charge in [0, 0.05) is 18.0 Å². The molecule has 18 heavy (non-hydrogen) atoms. The van der Waals surface area contributed by atoms with Gasteiger partial charge in [-0.2, -0.15) is 5.10 Å². The molecule has 1 rings (SSSR count). The number of amides is 1. The van der Waals surface area contributed by atoms with Gasteiger partial charge in [0.25, 0.3) is 5.91 Å². The molecule has 1 aromatic heterocycles. The van der Waals surface area contributed by atoms with E-state index < -0.39 is 0 Å². The van der Waals surface area contributed by atoms with E-state index in [9.17, 15) is 4.79 Å². The van der Waals surface area contributed by atoms with Gasteiger partial charge < -0.3 is 5.32 Å². The second-order valence-corrected chi connectivity index (χ2v) is 5.17. The molecule has 0 spiro atoms. The van der Waals surface area contributed by atoms with Crippen LogP contribution in [0.4, 0.5) is 0 Å². The van der Waals surface area contributed by atoms with Gasteiger partial charge in [-0.3, -0.25) is 9.48 Å². The Morgan fingerprint density at radius 2 is 2.22 bits per heavy atom. The molecule has 1 heterocycles. The first kappa shape index (κ1) is 15.0. The number of aromatic nitrogens is 2. The SMILES string of the molecule is CCn1nc(C)cc1C(=O)NC(C)(CC)CCCl. The summed E-state index contributed by atoms with van der Waals surface area (Å²) in [6.45, 7) is 8.62. The fourth-order valence-electron chi connectivity index (χ4n) is 1.84. The Hall–Kier alpha value is -1.03. The summed E-state index contributed by atoms with van der Waals surface area (Å²) >= 11 is 5.79. The first-order chi connectivity index (χ1) is 8.45. The molecule has 0 bridgehead atoms. The maximum atomic E-state index is 12.3. The van der Waals surface area contributed by atoms with Crippen LogP contribution in [0.2, 0.25) is 0 Å². The van der Waals surface area contributed by atoms with E-state index in [0.29, 0.717) is 18.1 Å². The Balaban J connectivity index is 2.87. The van der Waals surface area contributed by atoms with Crippen LogP contribution in [0.5, 0.6) is 0 Å². The van der Waals surface area contributed by atoms with Gasteiger partial charge in [0.1, 0.15) is 5.69 Å². The number of hydrogen-bond acceptors (Lipinski definition) is 2. The highest BCUT2D eigenvalue weighted by Crippen LogP contribution is 2.16. The quantitative estimate of drug-likeness (QED) is 0.809. The van der Waals surface area contributed by atoms with Crippen molar-refractivity contribution in [1.29, 1.82) is 0 Å². The number of halogens is 1. The molecule has 1 N–H and O–H groups in total. The molecule has 5 heteroatoms. The lowest BCUT2D eigenvalue weighted by Gasteiger charge is -2.28. The van der Waals surface area contributed by atoms with Crippen molar-refractivity contribution in [2.75, 3.05) is 5.88 Å². The van der Waals surface area contributed by atoms with E-state index >= 15 is 0 Å². The predicted octanol–water partition coefficient (Wildman–Crippen LogP) is 2.74. The van der Waals surface area contributed by atoms with E-state index in [1.165, 1.54) is 0 Å².